The maximum atomic E-state index is 11.5. The van der Waals surface area contributed by atoms with Crippen molar-refractivity contribution in [2.45, 2.75) is 47.1 Å². The van der Waals surface area contributed by atoms with Gasteiger partial charge in [0.15, 0.2) is 11.6 Å². The van der Waals surface area contributed by atoms with E-state index in [0.717, 1.165) is 18.6 Å². The van der Waals surface area contributed by atoms with Gasteiger partial charge in [-0.25, -0.2) is 4.98 Å². The number of hydrogen-bond acceptors (Lipinski definition) is 3. The van der Waals surface area contributed by atoms with E-state index in [1.165, 1.54) is 6.92 Å². The highest BCUT2D eigenvalue weighted by atomic mass is 16.5. The Morgan fingerprint density at radius 3 is 2.48 bits per heavy atom. The van der Waals surface area contributed by atoms with E-state index in [0.29, 0.717) is 18.2 Å². The van der Waals surface area contributed by atoms with E-state index in [-0.39, 0.29) is 5.78 Å². The Balaban J connectivity index is 0.00000191. The number of aromatic nitrogens is 2. The first kappa shape index (κ1) is 18.9. The second-order valence-corrected chi connectivity index (χ2v) is 4.15. The molecule has 4 heteroatoms. The lowest BCUT2D eigenvalue weighted by Crippen LogP contribution is -2.08. The van der Waals surface area contributed by atoms with Crippen LogP contribution in [0.4, 0.5) is 0 Å². The predicted octanol–water partition coefficient (Wildman–Crippen LogP) is 4.55. The molecular formula is C17H26N2O2. The van der Waals surface area contributed by atoms with E-state index in [1.54, 1.807) is 10.8 Å². The summed E-state index contributed by atoms with van der Waals surface area (Å²) < 4.78 is 7.62. The molecule has 0 aliphatic heterocycles. The SMILES string of the molecule is C=C.CC/C=C\C(=C/CC)Oc1cnc(C(C)=O)n1CC. The summed E-state index contributed by atoms with van der Waals surface area (Å²) in [5.74, 6) is 1.77. The van der Waals surface area contributed by atoms with Gasteiger partial charge in [-0.3, -0.25) is 9.36 Å². The van der Waals surface area contributed by atoms with Crippen molar-refractivity contribution in [3.05, 3.63) is 49.2 Å². The van der Waals surface area contributed by atoms with Crippen LogP contribution < -0.4 is 4.74 Å². The summed E-state index contributed by atoms with van der Waals surface area (Å²) >= 11 is 0. The van der Waals surface area contributed by atoms with E-state index in [9.17, 15) is 4.79 Å². The van der Waals surface area contributed by atoms with Gasteiger partial charge in [-0.2, -0.15) is 0 Å². The fraction of sp³-hybridized carbons (Fsp3) is 0.412. The van der Waals surface area contributed by atoms with Gasteiger partial charge in [0.1, 0.15) is 5.76 Å². The number of ether oxygens (including phenoxy) is 1. The number of imidazole rings is 1. The number of Topliss-reactive ketones (excluding diaryl/α,β-unsaturated/α-hetero) is 1. The molecule has 1 rings (SSSR count). The molecule has 0 aromatic carbocycles. The Hall–Kier alpha value is -2.10. The number of carbonyl (C=O) groups excluding carboxylic acids is 1. The first-order valence-electron chi connectivity index (χ1n) is 7.24. The summed E-state index contributed by atoms with van der Waals surface area (Å²) in [6.45, 7) is 14.3. The normalized spacial score (nSPS) is 11.1. The molecule has 0 aliphatic rings. The Labute approximate surface area is 127 Å². The van der Waals surface area contributed by atoms with Gasteiger partial charge in [0, 0.05) is 13.5 Å². The first-order chi connectivity index (χ1) is 10.1. The van der Waals surface area contributed by atoms with Crippen LogP contribution in [-0.2, 0) is 6.54 Å². The highest BCUT2D eigenvalue weighted by Gasteiger charge is 2.13. The highest BCUT2D eigenvalue weighted by molar-refractivity contribution is 5.90. The molecule has 21 heavy (non-hydrogen) atoms. The second kappa shape index (κ2) is 10.7. The van der Waals surface area contributed by atoms with Crippen LogP contribution in [-0.4, -0.2) is 15.3 Å². The molecular weight excluding hydrogens is 264 g/mol. The van der Waals surface area contributed by atoms with Crippen molar-refractivity contribution in [2.75, 3.05) is 0 Å². The number of hydrogen-bond donors (Lipinski definition) is 0. The molecule has 0 spiro atoms. The molecule has 0 unspecified atom stereocenters. The Bertz CT molecular complexity index is 499. The van der Waals surface area contributed by atoms with Gasteiger partial charge < -0.3 is 4.74 Å². The monoisotopic (exact) mass is 290 g/mol. The van der Waals surface area contributed by atoms with Crippen LogP contribution in [0.25, 0.3) is 0 Å². The summed E-state index contributed by atoms with van der Waals surface area (Å²) in [4.78, 5) is 15.6. The van der Waals surface area contributed by atoms with Gasteiger partial charge in [-0.1, -0.05) is 19.9 Å². The fourth-order valence-corrected chi connectivity index (χ4v) is 1.73. The standard InChI is InChI=1S/C15H22N2O2.C2H4/c1-5-8-10-13(9-6-2)19-14-11-16-15(12(4)18)17(14)7-3;1-2/h8-11H,5-7H2,1-4H3;1-2H2/b10-8-,13-9+;. The lowest BCUT2D eigenvalue weighted by molar-refractivity contribution is 0.0998. The molecule has 0 atom stereocenters. The van der Waals surface area contributed by atoms with Crippen molar-refractivity contribution in [3.8, 4) is 5.88 Å². The Kier molecular flexibility index (Phi) is 9.59. The van der Waals surface area contributed by atoms with Gasteiger partial charge in [0.2, 0.25) is 5.88 Å². The molecule has 4 nitrogen and oxygen atoms in total. The highest BCUT2D eigenvalue weighted by Crippen LogP contribution is 2.18. The molecule has 0 radical (unpaired) electrons. The average molecular weight is 290 g/mol. The second-order valence-electron chi connectivity index (χ2n) is 4.15. The molecule has 1 aromatic rings. The summed E-state index contributed by atoms with van der Waals surface area (Å²) in [5, 5.41) is 0. The maximum Gasteiger partial charge on any atom is 0.220 e. The third-order valence-electron chi connectivity index (χ3n) is 2.60. The number of rotatable bonds is 7. The Morgan fingerprint density at radius 1 is 1.33 bits per heavy atom. The van der Waals surface area contributed by atoms with Crippen molar-refractivity contribution in [3.63, 3.8) is 0 Å². The van der Waals surface area contributed by atoms with Crippen molar-refractivity contribution < 1.29 is 9.53 Å². The van der Waals surface area contributed by atoms with Gasteiger partial charge in [-0.05, 0) is 31.9 Å². The molecule has 116 valence electrons. The van der Waals surface area contributed by atoms with Crippen LogP contribution in [0.2, 0.25) is 0 Å². The quantitative estimate of drug-likeness (QED) is 0.320. The summed E-state index contributed by atoms with van der Waals surface area (Å²) in [7, 11) is 0. The smallest absolute Gasteiger partial charge is 0.220 e. The zero-order valence-electron chi connectivity index (χ0n) is 13.6. The number of allylic oxidation sites excluding steroid dienone is 3. The zero-order chi connectivity index (χ0) is 16.3. The maximum absolute atomic E-state index is 11.5. The van der Waals surface area contributed by atoms with E-state index in [4.69, 9.17) is 4.74 Å². The minimum absolute atomic E-state index is 0.0539. The lowest BCUT2D eigenvalue weighted by atomic mass is 10.3. The molecule has 1 heterocycles. The predicted molar refractivity (Wildman–Crippen MR) is 87.6 cm³/mol. The molecule has 0 saturated carbocycles. The van der Waals surface area contributed by atoms with Crippen molar-refractivity contribution in [2.24, 2.45) is 0 Å². The molecule has 1 aromatic heterocycles. The van der Waals surface area contributed by atoms with Crippen molar-refractivity contribution >= 4 is 5.78 Å². The van der Waals surface area contributed by atoms with Gasteiger partial charge in [-0.15, -0.1) is 13.2 Å². The van der Waals surface area contributed by atoms with E-state index in [1.807, 2.05) is 25.2 Å². The zero-order valence-corrected chi connectivity index (χ0v) is 13.6. The van der Waals surface area contributed by atoms with E-state index in [2.05, 4.69) is 32.0 Å². The van der Waals surface area contributed by atoms with Crippen LogP contribution in [0.1, 0.15) is 51.2 Å². The number of ketones is 1. The summed E-state index contributed by atoms with van der Waals surface area (Å²) in [6.07, 6.45) is 9.44. The molecule has 0 fully saturated rings. The Morgan fingerprint density at radius 2 is 2.00 bits per heavy atom. The number of nitrogens with zero attached hydrogens (tertiary/aromatic N) is 2. The minimum Gasteiger partial charge on any atom is -0.439 e. The lowest BCUT2D eigenvalue weighted by Gasteiger charge is -2.09. The molecule has 0 aliphatic carbocycles. The van der Waals surface area contributed by atoms with Crippen molar-refractivity contribution in [1.29, 1.82) is 0 Å². The third kappa shape index (κ3) is 5.81. The molecule has 0 bridgehead atoms. The first-order valence-corrected chi connectivity index (χ1v) is 7.24. The molecule has 0 saturated heterocycles. The van der Waals surface area contributed by atoms with Crippen LogP contribution in [0, 0.1) is 0 Å². The van der Waals surface area contributed by atoms with E-state index >= 15 is 0 Å². The molecule has 0 amide bonds. The van der Waals surface area contributed by atoms with Crippen LogP contribution in [0.5, 0.6) is 5.88 Å². The van der Waals surface area contributed by atoms with Gasteiger partial charge in [0.05, 0.1) is 6.20 Å². The summed E-state index contributed by atoms with van der Waals surface area (Å²) in [6, 6.07) is 0. The number of carbonyl (C=O) groups is 1. The average Bonchev–Trinajstić information content (AvgIpc) is 2.90. The fourth-order valence-electron chi connectivity index (χ4n) is 1.73. The van der Waals surface area contributed by atoms with Gasteiger partial charge >= 0.3 is 0 Å². The van der Waals surface area contributed by atoms with E-state index < -0.39 is 0 Å². The van der Waals surface area contributed by atoms with Crippen LogP contribution >= 0.6 is 0 Å². The minimum atomic E-state index is -0.0539. The van der Waals surface area contributed by atoms with Crippen LogP contribution in [0.3, 0.4) is 0 Å². The largest absolute Gasteiger partial charge is 0.439 e. The van der Waals surface area contributed by atoms with Crippen molar-refractivity contribution in [1.82, 2.24) is 9.55 Å². The third-order valence-corrected chi connectivity index (χ3v) is 2.60. The van der Waals surface area contributed by atoms with Gasteiger partial charge in [0.25, 0.3) is 0 Å². The summed E-state index contributed by atoms with van der Waals surface area (Å²) in [5.41, 5.74) is 0. The van der Waals surface area contributed by atoms with Crippen LogP contribution in [0.15, 0.2) is 43.3 Å². The molecule has 0 N–H and O–H groups in total. The topological polar surface area (TPSA) is 44.1 Å².